The lowest BCUT2D eigenvalue weighted by Crippen LogP contribution is -2.54. The summed E-state index contributed by atoms with van der Waals surface area (Å²) in [7, 11) is 0. The molecule has 7 atom stereocenters. The molecule has 3 nitrogen and oxygen atoms in total. The van der Waals surface area contributed by atoms with Crippen molar-refractivity contribution >= 4 is 5.97 Å². The number of rotatable bonds is 1. The number of aliphatic hydroxyl groups is 1. The van der Waals surface area contributed by atoms with Gasteiger partial charge in [-0.25, -0.2) is 0 Å². The molecule has 3 saturated carbocycles. The predicted octanol–water partition coefficient (Wildman–Crippen LogP) is 5.66. The van der Waals surface area contributed by atoms with E-state index in [1.807, 2.05) is 30.3 Å². The highest BCUT2D eigenvalue weighted by Crippen LogP contribution is 2.67. The third-order valence-electron chi connectivity index (χ3n) is 9.73. The van der Waals surface area contributed by atoms with Crippen molar-refractivity contribution in [2.75, 3.05) is 0 Å². The number of hydrogen-bond donors (Lipinski definition) is 1. The molecule has 0 unspecified atom stereocenters. The fourth-order valence-corrected chi connectivity index (χ4v) is 7.88. The molecule has 0 amide bonds. The third-order valence-corrected chi connectivity index (χ3v) is 9.73. The normalized spacial score (nSPS) is 42.4. The quantitative estimate of drug-likeness (QED) is 0.354. The molecule has 3 fully saturated rings. The van der Waals surface area contributed by atoms with Gasteiger partial charge in [-0.2, -0.15) is 0 Å². The Morgan fingerprint density at radius 1 is 1.06 bits per heavy atom. The van der Waals surface area contributed by atoms with Crippen LogP contribution >= 0.6 is 0 Å². The maximum atomic E-state index is 11.8. The van der Waals surface area contributed by atoms with Crippen molar-refractivity contribution < 1.29 is 14.6 Å². The summed E-state index contributed by atoms with van der Waals surface area (Å²) >= 11 is 0. The highest BCUT2D eigenvalue weighted by atomic mass is 16.5. The van der Waals surface area contributed by atoms with Crippen LogP contribution in [0.5, 0.6) is 0 Å². The second-order valence-corrected chi connectivity index (χ2v) is 11.2. The first-order valence-corrected chi connectivity index (χ1v) is 12.4. The fraction of sp³-hybridized carbons (Fsp3) is 0.621. The van der Waals surface area contributed by atoms with E-state index in [2.05, 4.69) is 31.8 Å². The van der Waals surface area contributed by atoms with Gasteiger partial charge in [0, 0.05) is 24.3 Å². The summed E-state index contributed by atoms with van der Waals surface area (Å²) in [6.45, 7) is 6.28. The molecule has 0 heterocycles. The van der Waals surface area contributed by atoms with Gasteiger partial charge in [0.25, 0.3) is 0 Å². The minimum absolute atomic E-state index is 0.0436. The van der Waals surface area contributed by atoms with Gasteiger partial charge in [-0.15, -0.1) is 0 Å². The van der Waals surface area contributed by atoms with Gasteiger partial charge < -0.3 is 9.84 Å². The van der Waals surface area contributed by atoms with E-state index in [-0.39, 0.29) is 22.9 Å². The number of carbonyl (C=O) groups is 1. The Morgan fingerprint density at radius 2 is 1.81 bits per heavy atom. The van der Waals surface area contributed by atoms with E-state index in [9.17, 15) is 9.90 Å². The minimum atomic E-state index is -0.906. The molecule has 1 N–H and O–H groups in total. The Bertz CT molecular complexity index is 985. The number of ether oxygens (including phenoxy) is 1. The number of esters is 1. The standard InChI is InChI=1S/C29H36O3/c1-20(30)32-23-12-15-27(2)22(19-23)9-10-24-25(27)13-16-28(3)26(24)14-18-29(28,31)17-11-21-7-5-4-6-8-21/h4-9,23-26,31H,10,12-16,18-19H2,1-3H3/t23-,24-,25+,26+,27-,28+,29-/m0/s1. The summed E-state index contributed by atoms with van der Waals surface area (Å²) in [5.74, 6) is 8.23. The van der Waals surface area contributed by atoms with Crippen molar-refractivity contribution in [1.82, 2.24) is 0 Å². The molecule has 1 aromatic carbocycles. The highest BCUT2D eigenvalue weighted by Gasteiger charge is 2.63. The Kier molecular flexibility index (Phi) is 5.29. The molecule has 4 aliphatic carbocycles. The fourth-order valence-electron chi connectivity index (χ4n) is 7.88. The molecule has 0 spiro atoms. The van der Waals surface area contributed by atoms with Crippen LogP contribution in [0.15, 0.2) is 42.0 Å². The molecule has 0 saturated heterocycles. The van der Waals surface area contributed by atoms with Gasteiger partial charge >= 0.3 is 5.97 Å². The molecule has 5 rings (SSSR count). The Hall–Kier alpha value is -2.05. The summed E-state index contributed by atoms with van der Waals surface area (Å²) in [6, 6.07) is 10.0. The monoisotopic (exact) mass is 432 g/mol. The van der Waals surface area contributed by atoms with Crippen LogP contribution in [0.2, 0.25) is 0 Å². The molecule has 0 bridgehead atoms. The lowest BCUT2D eigenvalue weighted by Gasteiger charge is -2.58. The van der Waals surface area contributed by atoms with Crippen molar-refractivity contribution in [2.24, 2.45) is 28.6 Å². The first-order chi connectivity index (χ1) is 15.3. The van der Waals surface area contributed by atoms with Crippen LogP contribution in [-0.2, 0) is 9.53 Å². The lowest BCUT2D eigenvalue weighted by molar-refractivity contribution is -0.149. The SMILES string of the molecule is CC(=O)O[C@H]1CC[C@@]2(C)C(=CC[C@H]3[C@H]2CC[C@]2(C)[C@@H]3CC[C@@]2(O)C#Cc2ccccc2)C1. The van der Waals surface area contributed by atoms with Crippen molar-refractivity contribution in [3.05, 3.63) is 47.5 Å². The van der Waals surface area contributed by atoms with Gasteiger partial charge in [-0.1, -0.05) is 55.5 Å². The summed E-state index contributed by atoms with van der Waals surface area (Å²) in [5, 5.41) is 11.8. The van der Waals surface area contributed by atoms with Gasteiger partial charge in [0.1, 0.15) is 11.7 Å². The van der Waals surface area contributed by atoms with Crippen LogP contribution in [0.3, 0.4) is 0 Å². The van der Waals surface area contributed by atoms with Crippen molar-refractivity contribution in [3.8, 4) is 11.8 Å². The zero-order chi connectivity index (χ0) is 22.6. The van der Waals surface area contributed by atoms with Crippen molar-refractivity contribution in [3.63, 3.8) is 0 Å². The molecule has 32 heavy (non-hydrogen) atoms. The second-order valence-electron chi connectivity index (χ2n) is 11.2. The highest BCUT2D eigenvalue weighted by molar-refractivity contribution is 5.66. The number of carbonyl (C=O) groups excluding carboxylic acids is 1. The molecule has 0 radical (unpaired) electrons. The summed E-state index contributed by atoms with van der Waals surface area (Å²) in [4.78, 5) is 11.5. The van der Waals surface area contributed by atoms with E-state index in [4.69, 9.17) is 4.74 Å². The van der Waals surface area contributed by atoms with E-state index in [1.54, 1.807) is 0 Å². The second kappa shape index (κ2) is 7.77. The van der Waals surface area contributed by atoms with Crippen LogP contribution in [0, 0.1) is 40.4 Å². The molecular weight excluding hydrogens is 396 g/mol. The number of fused-ring (bicyclic) bond motifs is 5. The minimum Gasteiger partial charge on any atom is -0.462 e. The summed E-state index contributed by atoms with van der Waals surface area (Å²) in [6.07, 6.45) is 10.6. The van der Waals surface area contributed by atoms with E-state index in [0.717, 1.165) is 56.9 Å². The largest absolute Gasteiger partial charge is 0.462 e. The average Bonchev–Trinajstić information content (AvgIpc) is 3.04. The molecule has 3 heteroatoms. The number of hydrogen-bond acceptors (Lipinski definition) is 3. The van der Waals surface area contributed by atoms with Crippen molar-refractivity contribution in [1.29, 1.82) is 0 Å². The van der Waals surface area contributed by atoms with Crippen LogP contribution in [0.25, 0.3) is 0 Å². The maximum Gasteiger partial charge on any atom is 0.302 e. The molecule has 4 aliphatic rings. The Morgan fingerprint density at radius 3 is 2.56 bits per heavy atom. The van der Waals surface area contributed by atoms with E-state index < -0.39 is 5.60 Å². The third kappa shape index (κ3) is 3.34. The van der Waals surface area contributed by atoms with Crippen LogP contribution in [0.1, 0.15) is 77.7 Å². The van der Waals surface area contributed by atoms with Crippen LogP contribution < -0.4 is 0 Å². The van der Waals surface area contributed by atoms with Crippen molar-refractivity contribution in [2.45, 2.75) is 83.8 Å². The average molecular weight is 433 g/mol. The van der Waals surface area contributed by atoms with Gasteiger partial charge in [-0.3, -0.25) is 4.79 Å². The predicted molar refractivity (Wildman–Crippen MR) is 126 cm³/mol. The zero-order valence-corrected chi connectivity index (χ0v) is 19.7. The molecule has 0 aliphatic heterocycles. The van der Waals surface area contributed by atoms with Crippen LogP contribution in [0.4, 0.5) is 0 Å². The van der Waals surface area contributed by atoms with Gasteiger partial charge in [0.15, 0.2) is 0 Å². The topological polar surface area (TPSA) is 46.5 Å². The van der Waals surface area contributed by atoms with E-state index in [0.29, 0.717) is 17.8 Å². The van der Waals surface area contributed by atoms with Gasteiger partial charge in [0.2, 0.25) is 0 Å². The molecular formula is C29H36O3. The summed E-state index contributed by atoms with van der Waals surface area (Å²) < 4.78 is 5.57. The Balaban J connectivity index is 1.40. The Labute approximate surface area is 192 Å². The maximum absolute atomic E-state index is 11.8. The smallest absolute Gasteiger partial charge is 0.302 e. The zero-order valence-electron chi connectivity index (χ0n) is 19.7. The number of allylic oxidation sites excluding steroid dienone is 1. The number of benzene rings is 1. The van der Waals surface area contributed by atoms with E-state index >= 15 is 0 Å². The van der Waals surface area contributed by atoms with Gasteiger partial charge in [-0.05, 0) is 80.2 Å². The molecule has 170 valence electrons. The van der Waals surface area contributed by atoms with E-state index in [1.165, 1.54) is 12.5 Å². The lowest BCUT2D eigenvalue weighted by atomic mass is 9.47. The first-order valence-electron chi connectivity index (χ1n) is 12.4. The molecule has 1 aromatic rings. The first kappa shape index (κ1) is 21.8. The molecule has 0 aromatic heterocycles. The summed E-state index contributed by atoms with van der Waals surface area (Å²) in [5.41, 5.74) is 1.64. The van der Waals surface area contributed by atoms with Crippen LogP contribution in [-0.4, -0.2) is 22.8 Å². The van der Waals surface area contributed by atoms with Gasteiger partial charge in [0.05, 0.1) is 0 Å².